The summed E-state index contributed by atoms with van der Waals surface area (Å²) in [5, 5.41) is 0. The number of hydrogen-bond acceptors (Lipinski definition) is 0. The Morgan fingerprint density at radius 3 is 1.48 bits per heavy atom. The van der Waals surface area contributed by atoms with Gasteiger partial charge in [0.05, 0.1) is 0 Å². The minimum atomic E-state index is 0.344. The highest BCUT2D eigenvalue weighted by Crippen LogP contribution is 2.61. The van der Waals surface area contributed by atoms with Crippen molar-refractivity contribution in [1.82, 2.24) is 0 Å². The van der Waals surface area contributed by atoms with Gasteiger partial charge in [0.1, 0.15) is 0 Å². The van der Waals surface area contributed by atoms with E-state index in [1.165, 1.54) is 38.5 Å². The highest BCUT2D eigenvalue weighted by Gasteiger charge is 2.53. The van der Waals surface area contributed by atoms with Crippen LogP contribution in [0.15, 0.2) is 0 Å². The maximum atomic E-state index is 2.57. The number of rotatable bonds is 11. The topological polar surface area (TPSA) is 0 Å². The van der Waals surface area contributed by atoms with Crippen LogP contribution < -0.4 is 0 Å². The van der Waals surface area contributed by atoms with Gasteiger partial charge >= 0.3 is 0 Å². The lowest BCUT2D eigenvalue weighted by molar-refractivity contribution is -0.0992. The Balaban J connectivity index is 5.80. The second-order valence-electron chi connectivity index (χ2n) is 9.31. The molecule has 0 aliphatic rings. The fourth-order valence-electron chi connectivity index (χ4n) is 5.53. The van der Waals surface area contributed by atoms with Crippen molar-refractivity contribution in [2.75, 3.05) is 0 Å². The van der Waals surface area contributed by atoms with Crippen LogP contribution >= 0.6 is 0 Å². The summed E-state index contributed by atoms with van der Waals surface area (Å²) in [6.07, 6.45) is 7.90. The van der Waals surface area contributed by atoms with Gasteiger partial charge in [-0.3, -0.25) is 0 Å². The molecule has 0 aliphatic heterocycles. The van der Waals surface area contributed by atoms with Crippen LogP contribution in [-0.2, 0) is 0 Å². The Bertz CT molecular complexity index is 311. The minimum absolute atomic E-state index is 0.344. The molecule has 0 rings (SSSR count). The average molecular weight is 325 g/mol. The fourth-order valence-corrected chi connectivity index (χ4v) is 5.53. The van der Waals surface area contributed by atoms with Gasteiger partial charge in [0.2, 0.25) is 0 Å². The Hall–Kier alpha value is 0. The Morgan fingerprint density at radius 2 is 1.17 bits per heavy atom. The summed E-state index contributed by atoms with van der Waals surface area (Å²) in [4.78, 5) is 0. The molecule has 0 saturated carbocycles. The molecule has 3 atom stereocenters. The molecule has 0 aliphatic carbocycles. The molecule has 0 aromatic heterocycles. The van der Waals surface area contributed by atoms with Crippen molar-refractivity contribution in [3.63, 3.8) is 0 Å². The normalized spacial score (nSPS) is 17.9. The Kier molecular flexibility index (Phi) is 8.91. The highest BCUT2D eigenvalue weighted by molar-refractivity contribution is 5.02. The molecule has 0 bridgehead atoms. The van der Waals surface area contributed by atoms with Crippen LogP contribution in [0.5, 0.6) is 0 Å². The molecular formula is C23H48. The summed E-state index contributed by atoms with van der Waals surface area (Å²) in [6.45, 7) is 27.3. The second kappa shape index (κ2) is 8.91. The third-order valence-corrected chi connectivity index (χ3v) is 8.74. The van der Waals surface area contributed by atoms with Crippen LogP contribution in [0.4, 0.5) is 0 Å². The molecule has 0 saturated heterocycles. The van der Waals surface area contributed by atoms with Crippen molar-refractivity contribution in [2.45, 2.75) is 115 Å². The highest BCUT2D eigenvalue weighted by atomic mass is 14.6. The maximum absolute atomic E-state index is 2.57. The quantitative estimate of drug-likeness (QED) is 0.358. The number of hydrogen-bond donors (Lipinski definition) is 0. The van der Waals surface area contributed by atoms with E-state index in [2.05, 4.69) is 76.2 Å². The maximum Gasteiger partial charge on any atom is -0.0244 e. The summed E-state index contributed by atoms with van der Waals surface area (Å²) >= 11 is 0. The van der Waals surface area contributed by atoms with Gasteiger partial charge in [-0.25, -0.2) is 0 Å². The first-order valence-corrected chi connectivity index (χ1v) is 10.5. The zero-order valence-corrected chi connectivity index (χ0v) is 18.5. The van der Waals surface area contributed by atoms with Crippen LogP contribution in [0.3, 0.4) is 0 Å². The van der Waals surface area contributed by atoms with Crippen molar-refractivity contribution >= 4 is 0 Å². The van der Waals surface area contributed by atoms with E-state index < -0.39 is 0 Å². The molecule has 140 valence electrons. The predicted molar refractivity (Wildman–Crippen MR) is 108 cm³/mol. The lowest BCUT2D eigenvalue weighted by Crippen LogP contribution is -2.51. The molecule has 0 N–H and O–H groups in total. The third-order valence-electron chi connectivity index (χ3n) is 8.74. The summed E-state index contributed by atoms with van der Waals surface area (Å²) in [5.74, 6) is 2.44. The summed E-state index contributed by atoms with van der Waals surface area (Å²) in [5.41, 5.74) is 1.15. The molecule has 0 heterocycles. The first kappa shape index (κ1) is 23.0. The monoisotopic (exact) mass is 324 g/mol. The van der Waals surface area contributed by atoms with Gasteiger partial charge in [0.25, 0.3) is 0 Å². The van der Waals surface area contributed by atoms with E-state index in [4.69, 9.17) is 0 Å². The lowest BCUT2D eigenvalue weighted by Gasteiger charge is -2.59. The molecule has 0 spiro atoms. The predicted octanol–water partition coefficient (Wildman–Crippen LogP) is 8.35. The fraction of sp³-hybridized carbons (Fsp3) is 1.00. The van der Waals surface area contributed by atoms with Crippen LogP contribution in [-0.4, -0.2) is 0 Å². The van der Waals surface area contributed by atoms with E-state index in [9.17, 15) is 0 Å². The average Bonchev–Trinajstić information content (AvgIpc) is 2.52. The Labute approximate surface area is 149 Å². The van der Waals surface area contributed by atoms with Crippen molar-refractivity contribution in [3.05, 3.63) is 0 Å². The van der Waals surface area contributed by atoms with Gasteiger partial charge < -0.3 is 0 Å². The van der Waals surface area contributed by atoms with Crippen LogP contribution in [0.2, 0.25) is 0 Å². The third kappa shape index (κ3) is 4.16. The van der Waals surface area contributed by atoms with Crippen molar-refractivity contribution < 1.29 is 0 Å². The van der Waals surface area contributed by atoms with Gasteiger partial charge in [-0.05, 0) is 53.3 Å². The SMILES string of the molecule is CCCC(C(C)CC)C(C)C(C)(C)C(C)(C)C(CC)(CC)CC. The van der Waals surface area contributed by atoms with E-state index in [1.54, 1.807) is 0 Å². The molecule has 0 heteroatoms. The van der Waals surface area contributed by atoms with E-state index in [1.807, 2.05) is 0 Å². The molecule has 0 amide bonds. The second-order valence-corrected chi connectivity index (χ2v) is 9.31. The smallest absolute Gasteiger partial charge is 0.0244 e. The Morgan fingerprint density at radius 1 is 0.739 bits per heavy atom. The molecule has 0 radical (unpaired) electrons. The van der Waals surface area contributed by atoms with Gasteiger partial charge in [-0.2, -0.15) is 0 Å². The van der Waals surface area contributed by atoms with Crippen molar-refractivity contribution in [2.24, 2.45) is 34.0 Å². The molecule has 3 unspecified atom stereocenters. The standard InChI is InChI=1S/C23H48/c1-12-17-20(18(6)13-2)19(7)21(8,9)22(10,11)23(14-3,15-4)16-5/h18-20H,12-17H2,1-11H3. The molecule has 0 aromatic carbocycles. The molecule has 23 heavy (non-hydrogen) atoms. The van der Waals surface area contributed by atoms with Crippen LogP contribution in [0.1, 0.15) is 115 Å². The zero-order valence-electron chi connectivity index (χ0n) is 18.5. The molecular weight excluding hydrogens is 276 g/mol. The molecule has 0 fully saturated rings. The van der Waals surface area contributed by atoms with E-state index in [-0.39, 0.29) is 0 Å². The summed E-state index contributed by atoms with van der Waals surface area (Å²) < 4.78 is 0. The van der Waals surface area contributed by atoms with Gasteiger partial charge in [0, 0.05) is 0 Å². The van der Waals surface area contributed by atoms with Gasteiger partial charge in [0.15, 0.2) is 0 Å². The van der Waals surface area contributed by atoms with E-state index >= 15 is 0 Å². The van der Waals surface area contributed by atoms with Gasteiger partial charge in [-0.1, -0.05) is 95.4 Å². The van der Waals surface area contributed by atoms with E-state index in [0.29, 0.717) is 16.2 Å². The van der Waals surface area contributed by atoms with E-state index in [0.717, 1.165) is 17.8 Å². The lowest BCUT2D eigenvalue weighted by atomic mass is 9.46. The van der Waals surface area contributed by atoms with Gasteiger partial charge in [-0.15, -0.1) is 0 Å². The van der Waals surface area contributed by atoms with Crippen molar-refractivity contribution in [1.29, 1.82) is 0 Å². The van der Waals surface area contributed by atoms with Crippen LogP contribution in [0.25, 0.3) is 0 Å². The molecule has 0 aromatic rings. The first-order chi connectivity index (χ1) is 10.5. The largest absolute Gasteiger partial charge is 0.0654 e. The van der Waals surface area contributed by atoms with Crippen LogP contribution in [0, 0.1) is 34.0 Å². The first-order valence-electron chi connectivity index (χ1n) is 10.5. The molecule has 0 nitrogen and oxygen atoms in total. The zero-order chi connectivity index (χ0) is 18.5. The van der Waals surface area contributed by atoms with Crippen molar-refractivity contribution in [3.8, 4) is 0 Å². The minimum Gasteiger partial charge on any atom is -0.0654 e. The summed E-state index contributed by atoms with van der Waals surface area (Å²) in [7, 11) is 0. The summed E-state index contributed by atoms with van der Waals surface area (Å²) in [6, 6.07) is 0.